The number of rotatable bonds is 5. The van der Waals surface area contributed by atoms with Crippen LogP contribution in [0.2, 0.25) is 0 Å². The number of para-hydroxylation sites is 1. The molecular formula is C50H30N4O. The largest absolute Gasteiger partial charge is 0.456 e. The lowest BCUT2D eigenvalue weighted by Gasteiger charge is -2.14. The molecule has 0 aliphatic heterocycles. The van der Waals surface area contributed by atoms with Crippen LogP contribution in [0.1, 0.15) is 0 Å². The fourth-order valence-electron chi connectivity index (χ4n) is 7.95. The summed E-state index contributed by atoms with van der Waals surface area (Å²) in [5.74, 6) is 1.80. The third-order valence-corrected chi connectivity index (χ3v) is 10.6. The van der Waals surface area contributed by atoms with Gasteiger partial charge < -0.3 is 4.42 Å². The molecule has 0 saturated carbocycles. The predicted molar refractivity (Wildman–Crippen MR) is 225 cm³/mol. The Hall–Kier alpha value is -7.50. The van der Waals surface area contributed by atoms with E-state index in [4.69, 9.17) is 19.4 Å². The highest BCUT2D eigenvalue weighted by Gasteiger charge is 2.19. The lowest BCUT2D eigenvalue weighted by atomic mass is 9.90. The number of fused-ring (bicyclic) bond motifs is 8. The molecule has 0 aliphatic carbocycles. The minimum atomic E-state index is 0.592. The molecular weight excluding hydrogens is 673 g/mol. The molecule has 11 aromatic rings. The van der Waals surface area contributed by atoms with Crippen LogP contribution in [-0.2, 0) is 0 Å². The zero-order valence-corrected chi connectivity index (χ0v) is 29.5. The summed E-state index contributed by atoms with van der Waals surface area (Å²) in [5, 5.41) is 9.15. The summed E-state index contributed by atoms with van der Waals surface area (Å²) in [5.41, 5.74) is 8.92. The topological polar surface area (TPSA) is 64.7 Å². The van der Waals surface area contributed by atoms with Crippen LogP contribution >= 0.6 is 0 Å². The number of hydrogen-bond acceptors (Lipinski definition) is 5. The second-order valence-electron chi connectivity index (χ2n) is 13.8. The molecule has 0 N–H and O–H groups in total. The monoisotopic (exact) mass is 702 g/mol. The second-order valence-corrected chi connectivity index (χ2v) is 13.8. The summed E-state index contributed by atoms with van der Waals surface area (Å²) in [6.07, 6.45) is 3.83. The zero-order valence-electron chi connectivity index (χ0n) is 29.5. The maximum atomic E-state index is 6.26. The number of furan rings is 1. The molecule has 5 heteroatoms. The minimum Gasteiger partial charge on any atom is -0.456 e. The van der Waals surface area contributed by atoms with E-state index in [1.165, 1.54) is 27.1 Å². The first kappa shape index (κ1) is 31.1. The molecule has 0 bridgehead atoms. The molecule has 0 aliphatic rings. The van der Waals surface area contributed by atoms with Crippen molar-refractivity contribution in [2.45, 2.75) is 0 Å². The number of hydrogen-bond donors (Lipinski definition) is 0. The first-order valence-electron chi connectivity index (χ1n) is 18.4. The SMILES string of the molecule is c1ccc(-c2ccc(-c3nc(-c4ccc(-c5cc6ccncc6c6ccc7ccccc7c56)cc4)nc(-c4cccc5oc6ccccc6c45)n3)cc2)cc1. The third kappa shape index (κ3) is 5.24. The van der Waals surface area contributed by atoms with Gasteiger partial charge in [-0.2, -0.15) is 0 Å². The number of aromatic nitrogens is 4. The normalized spacial score (nSPS) is 11.6. The van der Waals surface area contributed by atoms with Crippen LogP contribution in [-0.4, -0.2) is 19.9 Å². The molecule has 0 radical (unpaired) electrons. The smallest absolute Gasteiger partial charge is 0.164 e. The van der Waals surface area contributed by atoms with Gasteiger partial charge in [0.25, 0.3) is 0 Å². The summed E-state index contributed by atoms with van der Waals surface area (Å²) in [4.78, 5) is 19.9. The van der Waals surface area contributed by atoms with Crippen LogP contribution in [0.4, 0.5) is 0 Å². The van der Waals surface area contributed by atoms with Crippen molar-refractivity contribution >= 4 is 54.3 Å². The van der Waals surface area contributed by atoms with Gasteiger partial charge in [0.05, 0.1) is 0 Å². The van der Waals surface area contributed by atoms with Gasteiger partial charge in [0.2, 0.25) is 0 Å². The molecule has 8 aromatic carbocycles. The fourth-order valence-corrected chi connectivity index (χ4v) is 7.95. The van der Waals surface area contributed by atoms with Gasteiger partial charge in [0.15, 0.2) is 17.5 Å². The summed E-state index contributed by atoms with van der Waals surface area (Å²) in [7, 11) is 0. The van der Waals surface area contributed by atoms with E-state index in [0.29, 0.717) is 17.5 Å². The first-order chi connectivity index (χ1) is 27.2. The lowest BCUT2D eigenvalue weighted by molar-refractivity contribution is 0.669. The highest BCUT2D eigenvalue weighted by Crippen LogP contribution is 2.40. The molecule has 0 unspecified atom stereocenters. The van der Waals surface area contributed by atoms with Crippen molar-refractivity contribution in [3.63, 3.8) is 0 Å². The van der Waals surface area contributed by atoms with Gasteiger partial charge in [-0.15, -0.1) is 0 Å². The van der Waals surface area contributed by atoms with Crippen molar-refractivity contribution < 1.29 is 4.42 Å². The molecule has 55 heavy (non-hydrogen) atoms. The van der Waals surface area contributed by atoms with Crippen LogP contribution in [0.5, 0.6) is 0 Å². The molecule has 0 spiro atoms. The highest BCUT2D eigenvalue weighted by atomic mass is 16.3. The van der Waals surface area contributed by atoms with Crippen molar-refractivity contribution in [1.29, 1.82) is 0 Å². The van der Waals surface area contributed by atoms with Gasteiger partial charge in [0.1, 0.15) is 11.2 Å². The Bertz CT molecular complexity index is 3240. The van der Waals surface area contributed by atoms with E-state index in [2.05, 4.69) is 138 Å². The summed E-state index contributed by atoms with van der Waals surface area (Å²) in [6, 6.07) is 59.0. The van der Waals surface area contributed by atoms with Crippen LogP contribution in [0, 0.1) is 0 Å². The quantitative estimate of drug-likeness (QED) is 0.167. The molecule has 256 valence electrons. The molecule has 3 heterocycles. The predicted octanol–water partition coefficient (Wildman–Crippen LogP) is 13.0. The van der Waals surface area contributed by atoms with Gasteiger partial charge in [-0.1, -0.05) is 146 Å². The summed E-state index contributed by atoms with van der Waals surface area (Å²) < 4.78 is 6.26. The van der Waals surface area contributed by atoms with E-state index >= 15 is 0 Å². The number of benzene rings is 8. The van der Waals surface area contributed by atoms with E-state index in [1.54, 1.807) is 0 Å². The van der Waals surface area contributed by atoms with E-state index in [1.807, 2.05) is 48.8 Å². The molecule has 0 fully saturated rings. The maximum absolute atomic E-state index is 6.26. The van der Waals surface area contributed by atoms with Crippen LogP contribution in [0.3, 0.4) is 0 Å². The van der Waals surface area contributed by atoms with Gasteiger partial charge in [0, 0.05) is 45.2 Å². The van der Waals surface area contributed by atoms with E-state index in [9.17, 15) is 0 Å². The average molecular weight is 703 g/mol. The van der Waals surface area contributed by atoms with Crippen molar-refractivity contribution in [2.75, 3.05) is 0 Å². The van der Waals surface area contributed by atoms with Gasteiger partial charge in [-0.3, -0.25) is 4.98 Å². The Morgan fingerprint density at radius 3 is 1.78 bits per heavy atom. The maximum Gasteiger partial charge on any atom is 0.164 e. The Morgan fingerprint density at radius 1 is 0.345 bits per heavy atom. The highest BCUT2D eigenvalue weighted by molar-refractivity contribution is 6.22. The Balaban J connectivity index is 1.08. The molecule has 0 saturated heterocycles. The van der Waals surface area contributed by atoms with Crippen molar-refractivity contribution in [1.82, 2.24) is 19.9 Å². The van der Waals surface area contributed by atoms with E-state index in [0.717, 1.165) is 66.1 Å². The fraction of sp³-hybridized carbons (Fsp3) is 0. The summed E-state index contributed by atoms with van der Waals surface area (Å²) in [6.45, 7) is 0. The van der Waals surface area contributed by atoms with Crippen molar-refractivity contribution in [3.05, 3.63) is 182 Å². The Morgan fingerprint density at radius 2 is 0.982 bits per heavy atom. The molecule has 3 aromatic heterocycles. The lowest BCUT2D eigenvalue weighted by Crippen LogP contribution is -2.00. The molecule has 5 nitrogen and oxygen atoms in total. The van der Waals surface area contributed by atoms with Gasteiger partial charge in [-0.25, -0.2) is 15.0 Å². The second kappa shape index (κ2) is 12.6. The molecule has 0 atom stereocenters. The minimum absolute atomic E-state index is 0.592. The van der Waals surface area contributed by atoms with E-state index in [-0.39, 0.29) is 0 Å². The standard InChI is InChI=1S/C50H30N4O/c1-2-9-31(10-3-1)32-17-21-35(22-18-32)48-52-49(54-50(53-48)41-14-8-16-45-47(41)40-13-6-7-15-44(40)55-45)36-23-19-34(20-24-36)42-29-37-27-28-51-30-43(37)39-26-25-33-11-4-5-12-38(33)46(39)42/h1-30H. The Kier molecular flexibility index (Phi) is 7.10. The van der Waals surface area contributed by atoms with Crippen molar-refractivity contribution in [2.24, 2.45) is 0 Å². The molecule has 0 amide bonds. The number of nitrogens with zero attached hydrogens (tertiary/aromatic N) is 4. The van der Waals surface area contributed by atoms with Gasteiger partial charge in [-0.05, 0) is 73.5 Å². The molecule has 11 rings (SSSR count). The zero-order chi connectivity index (χ0) is 36.3. The van der Waals surface area contributed by atoms with Crippen LogP contribution < -0.4 is 0 Å². The third-order valence-electron chi connectivity index (χ3n) is 10.6. The van der Waals surface area contributed by atoms with Gasteiger partial charge >= 0.3 is 0 Å². The summed E-state index contributed by atoms with van der Waals surface area (Å²) >= 11 is 0. The van der Waals surface area contributed by atoms with E-state index < -0.39 is 0 Å². The van der Waals surface area contributed by atoms with Crippen LogP contribution in [0.15, 0.2) is 187 Å². The number of pyridine rings is 1. The average Bonchev–Trinajstić information content (AvgIpc) is 3.65. The van der Waals surface area contributed by atoms with Crippen molar-refractivity contribution in [3.8, 4) is 56.4 Å². The van der Waals surface area contributed by atoms with Crippen LogP contribution in [0.25, 0.3) is 111 Å². The Labute approximate surface area is 316 Å². The first-order valence-corrected chi connectivity index (χ1v) is 18.4.